The summed E-state index contributed by atoms with van der Waals surface area (Å²) < 4.78 is 21.9. The molecular formula is C6H16NO3S+. The van der Waals surface area contributed by atoms with Crippen molar-refractivity contribution >= 4 is 9.84 Å². The standard InChI is InChI=1S/C6H16NO3S/c1-7(2,3)5-6(8)11(4,9)10/h6,8H,5H2,1-4H3/q+1. The Morgan fingerprint density at radius 2 is 1.73 bits per heavy atom. The van der Waals surface area contributed by atoms with Gasteiger partial charge in [-0.1, -0.05) is 0 Å². The van der Waals surface area contributed by atoms with Crippen molar-refractivity contribution < 1.29 is 18.0 Å². The van der Waals surface area contributed by atoms with Gasteiger partial charge in [-0.05, 0) is 0 Å². The number of hydrogen-bond donors (Lipinski definition) is 1. The molecule has 0 aromatic carbocycles. The molecule has 1 N–H and O–H groups in total. The molecule has 0 aliphatic heterocycles. The van der Waals surface area contributed by atoms with Crippen molar-refractivity contribution in [2.24, 2.45) is 0 Å². The summed E-state index contributed by atoms with van der Waals surface area (Å²) in [5, 5.41) is 9.12. The van der Waals surface area contributed by atoms with Crippen LogP contribution in [0.2, 0.25) is 0 Å². The molecule has 0 saturated carbocycles. The van der Waals surface area contributed by atoms with Gasteiger partial charge >= 0.3 is 0 Å². The van der Waals surface area contributed by atoms with Gasteiger partial charge in [0.05, 0.1) is 21.1 Å². The highest BCUT2D eigenvalue weighted by atomic mass is 32.2. The lowest BCUT2D eigenvalue weighted by Crippen LogP contribution is -2.44. The molecule has 5 heteroatoms. The van der Waals surface area contributed by atoms with Crippen molar-refractivity contribution in [2.75, 3.05) is 33.9 Å². The van der Waals surface area contributed by atoms with Crippen molar-refractivity contribution in [3.8, 4) is 0 Å². The van der Waals surface area contributed by atoms with Crippen LogP contribution in [0.15, 0.2) is 0 Å². The predicted octanol–water partition coefficient (Wildman–Crippen LogP) is -0.944. The zero-order valence-corrected chi connectivity index (χ0v) is 8.22. The second kappa shape index (κ2) is 3.08. The van der Waals surface area contributed by atoms with E-state index in [1.165, 1.54) is 0 Å². The number of nitrogens with zero attached hydrogens (tertiary/aromatic N) is 1. The third kappa shape index (κ3) is 5.17. The molecule has 0 aliphatic rings. The molecule has 0 fully saturated rings. The number of hydrogen-bond acceptors (Lipinski definition) is 3. The highest BCUT2D eigenvalue weighted by Crippen LogP contribution is 2.00. The van der Waals surface area contributed by atoms with Crippen LogP contribution in [0.1, 0.15) is 0 Å². The van der Waals surface area contributed by atoms with Crippen molar-refractivity contribution in [2.45, 2.75) is 5.44 Å². The van der Waals surface area contributed by atoms with Crippen LogP contribution in [-0.2, 0) is 9.84 Å². The maximum absolute atomic E-state index is 10.7. The lowest BCUT2D eigenvalue weighted by atomic mass is 10.5. The molecule has 0 spiro atoms. The van der Waals surface area contributed by atoms with Crippen molar-refractivity contribution in [3.05, 3.63) is 0 Å². The van der Waals surface area contributed by atoms with Crippen LogP contribution in [0.5, 0.6) is 0 Å². The third-order valence-electron chi connectivity index (χ3n) is 1.20. The summed E-state index contributed by atoms with van der Waals surface area (Å²) in [6.45, 7) is 0.221. The summed E-state index contributed by atoms with van der Waals surface area (Å²) in [6, 6.07) is 0. The van der Waals surface area contributed by atoms with Gasteiger partial charge in [0.25, 0.3) is 0 Å². The maximum atomic E-state index is 10.7. The largest absolute Gasteiger partial charge is 0.373 e. The zero-order valence-electron chi connectivity index (χ0n) is 7.40. The Balaban J connectivity index is 4.22. The fraction of sp³-hybridized carbons (Fsp3) is 1.00. The molecule has 0 aromatic heterocycles. The van der Waals surface area contributed by atoms with Gasteiger partial charge in [0.2, 0.25) is 5.44 Å². The molecular weight excluding hydrogens is 166 g/mol. The van der Waals surface area contributed by atoms with Gasteiger partial charge in [-0.15, -0.1) is 0 Å². The molecule has 0 bridgehead atoms. The molecule has 4 nitrogen and oxygen atoms in total. The Morgan fingerprint density at radius 1 is 1.36 bits per heavy atom. The molecule has 0 saturated heterocycles. The molecule has 0 rings (SSSR count). The van der Waals surface area contributed by atoms with E-state index in [4.69, 9.17) is 5.11 Å². The first-order valence-corrected chi connectivity index (χ1v) is 5.26. The minimum atomic E-state index is -3.30. The Bertz CT molecular complexity index is 214. The Morgan fingerprint density at radius 3 is 1.82 bits per heavy atom. The van der Waals surface area contributed by atoms with E-state index in [0.29, 0.717) is 4.48 Å². The second-order valence-electron chi connectivity index (χ2n) is 3.76. The summed E-state index contributed by atoms with van der Waals surface area (Å²) in [5.41, 5.74) is -1.25. The monoisotopic (exact) mass is 182 g/mol. The Hall–Kier alpha value is -0.130. The summed E-state index contributed by atoms with van der Waals surface area (Å²) in [6.07, 6.45) is 1.04. The van der Waals surface area contributed by atoms with Gasteiger partial charge < -0.3 is 9.59 Å². The first-order chi connectivity index (χ1) is 4.63. The maximum Gasteiger partial charge on any atom is 0.204 e. The quantitative estimate of drug-likeness (QED) is 0.573. The lowest BCUT2D eigenvalue weighted by Gasteiger charge is -2.25. The number of sulfone groups is 1. The summed E-state index contributed by atoms with van der Waals surface area (Å²) in [7, 11) is 2.19. The van der Waals surface area contributed by atoms with E-state index in [9.17, 15) is 8.42 Å². The van der Waals surface area contributed by atoms with Crippen molar-refractivity contribution in [3.63, 3.8) is 0 Å². The van der Waals surface area contributed by atoms with E-state index < -0.39 is 15.3 Å². The van der Waals surface area contributed by atoms with Crippen LogP contribution >= 0.6 is 0 Å². The number of rotatable bonds is 3. The van der Waals surface area contributed by atoms with Crippen LogP contribution in [0, 0.1) is 0 Å². The van der Waals surface area contributed by atoms with Crippen LogP contribution in [0.3, 0.4) is 0 Å². The molecule has 0 heterocycles. The van der Waals surface area contributed by atoms with Crippen molar-refractivity contribution in [1.29, 1.82) is 0 Å². The van der Waals surface area contributed by atoms with Crippen LogP contribution < -0.4 is 0 Å². The average Bonchev–Trinajstić information content (AvgIpc) is 1.56. The summed E-state index contributed by atoms with van der Waals surface area (Å²) in [4.78, 5) is 0. The minimum absolute atomic E-state index is 0.221. The fourth-order valence-electron chi connectivity index (χ4n) is 0.604. The van der Waals surface area contributed by atoms with Gasteiger partial charge in [0, 0.05) is 6.26 Å². The SMILES string of the molecule is C[N+](C)(C)CC(O)S(C)(=O)=O. The number of likely N-dealkylation sites (N-methyl/N-ethyl adjacent to an activating group) is 1. The molecule has 11 heavy (non-hydrogen) atoms. The molecule has 1 atom stereocenters. The van der Waals surface area contributed by atoms with Gasteiger partial charge in [-0.3, -0.25) is 0 Å². The van der Waals surface area contributed by atoms with E-state index in [-0.39, 0.29) is 6.54 Å². The van der Waals surface area contributed by atoms with Crippen LogP contribution in [-0.4, -0.2) is 57.4 Å². The highest BCUT2D eigenvalue weighted by Gasteiger charge is 2.23. The number of aliphatic hydroxyl groups excluding tert-OH is 1. The zero-order chi connectivity index (χ0) is 9.28. The minimum Gasteiger partial charge on any atom is -0.373 e. The van der Waals surface area contributed by atoms with Gasteiger partial charge in [0.15, 0.2) is 9.84 Å². The van der Waals surface area contributed by atoms with Gasteiger partial charge in [-0.25, -0.2) is 8.42 Å². The smallest absolute Gasteiger partial charge is 0.204 e. The third-order valence-corrected chi connectivity index (χ3v) is 2.34. The molecule has 68 valence electrons. The normalized spacial score (nSPS) is 16.5. The summed E-state index contributed by atoms with van der Waals surface area (Å²) in [5.74, 6) is 0. The molecule has 0 amide bonds. The molecule has 0 radical (unpaired) electrons. The van der Waals surface area contributed by atoms with Crippen molar-refractivity contribution in [1.82, 2.24) is 0 Å². The molecule has 0 aliphatic carbocycles. The van der Waals surface area contributed by atoms with Crippen LogP contribution in [0.4, 0.5) is 0 Å². The highest BCUT2D eigenvalue weighted by molar-refractivity contribution is 7.91. The average molecular weight is 182 g/mol. The molecule has 1 unspecified atom stereocenters. The van der Waals surface area contributed by atoms with E-state index >= 15 is 0 Å². The predicted molar refractivity (Wildman–Crippen MR) is 43.8 cm³/mol. The van der Waals surface area contributed by atoms with E-state index in [1.54, 1.807) is 0 Å². The van der Waals surface area contributed by atoms with E-state index in [1.807, 2.05) is 21.1 Å². The van der Waals surface area contributed by atoms with E-state index in [2.05, 4.69) is 0 Å². The van der Waals surface area contributed by atoms with Gasteiger partial charge in [0.1, 0.15) is 6.54 Å². The first kappa shape index (κ1) is 10.9. The Kier molecular flexibility index (Phi) is 3.05. The number of aliphatic hydroxyl groups is 1. The fourth-order valence-corrected chi connectivity index (χ4v) is 1.32. The second-order valence-corrected chi connectivity index (χ2v) is 5.96. The van der Waals surface area contributed by atoms with E-state index in [0.717, 1.165) is 6.26 Å². The van der Waals surface area contributed by atoms with Crippen LogP contribution in [0.25, 0.3) is 0 Å². The first-order valence-electron chi connectivity index (χ1n) is 3.30. The lowest BCUT2D eigenvalue weighted by molar-refractivity contribution is -0.871. The Labute approximate surface area is 68.0 Å². The summed E-state index contributed by atoms with van der Waals surface area (Å²) >= 11 is 0. The topological polar surface area (TPSA) is 54.4 Å². The number of quaternary nitrogens is 1. The molecule has 0 aromatic rings. The van der Waals surface area contributed by atoms with Gasteiger partial charge in [-0.2, -0.15) is 0 Å².